The van der Waals surface area contributed by atoms with Crippen LogP contribution in [0.5, 0.6) is 5.75 Å². The van der Waals surface area contributed by atoms with Crippen molar-refractivity contribution >= 4 is 21.9 Å². The first-order valence-corrected chi connectivity index (χ1v) is 10.3. The highest BCUT2D eigenvalue weighted by Gasteiger charge is 2.22. The molecule has 156 valence electrons. The van der Waals surface area contributed by atoms with Crippen LogP contribution in [0.2, 0.25) is 0 Å². The van der Waals surface area contributed by atoms with E-state index in [-0.39, 0.29) is 12.1 Å². The van der Waals surface area contributed by atoms with Crippen LogP contribution >= 0.6 is 0 Å². The third-order valence-corrected chi connectivity index (χ3v) is 5.09. The van der Waals surface area contributed by atoms with Gasteiger partial charge in [0, 0.05) is 10.8 Å². The molecule has 0 aliphatic carbocycles. The lowest BCUT2D eigenvalue weighted by Gasteiger charge is -2.25. The largest absolute Gasteiger partial charge is 0.491 e. The second kappa shape index (κ2) is 8.42. The van der Waals surface area contributed by atoms with Gasteiger partial charge in [-0.2, -0.15) is 0 Å². The van der Waals surface area contributed by atoms with E-state index >= 15 is 0 Å². The zero-order chi connectivity index (χ0) is 21.3. The maximum Gasteiger partial charge on any atom is 0.196 e. The van der Waals surface area contributed by atoms with Crippen LogP contribution in [0.15, 0.2) is 52.9 Å². The van der Waals surface area contributed by atoms with Gasteiger partial charge in [-0.1, -0.05) is 18.2 Å². The predicted octanol–water partition coefficient (Wildman–Crippen LogP) is 4.78. The number of fused-ring (bicyclic) bond motifs is 2. The van der Waals surface area contributed by atoms with E-state index in [2.05, 4.69) is 4.90 Å². The first-order valence-electron chi connectivity index (χ1n) is 10.3. The van der Waals surface area contributed by atoms with Crippen molar-refractivity contribution in [1.29, 1.82) is 0 Å². The Bertz CT molecular complexity index is 1130. The van der Waals surface area contributed by atoms with Crippen molar-refractivity contribution in [1.82, 2.24) is 14.9 Å². The molecule has 0 spiro atoms. The molecule has 0 amide bonds. The molecule has 2 heterocycles. The normalized spacial score (nSPS) is 12.9. The van der Waals surface area contributed by atoms with Crippen LogP contribution in [0, 0.1) is 0 Å². The average Bonchev–Trinajstić information content (AvgIpc) is 3.15. The van der Waals surface area contributed by atoms with Crippen LogP contribution in [0.4, 0.5) is 0 Å². The Balaban J connectivity index is 1.92. The van der Waals surface area contributed by atoms with Gasteiger partial charge >= 0.3 is 0 Å². The molecule has 1 unspecified atom stereocenters. The van der Waals surface area contributed by atoms with Gasteiger partial charge in [0.2, 0.25) is 0 Å². The zero-order valence-corrected chi connectivity index (χ0v) is 17.9. The van der Waals surface area contributed by atoms with Crippen LogP contribution in [0.1, 0.15) is 32.0 Å². The number of hydrogen-bond acceptors (Lipinski definition) is 6. The molecule has 0 fully saturated rings. The van der Waals surface area contributed by atoms with E-state index < -0.39 is 0 Å². The molecule has 30 heavy (non-hydrogen) atoms. The molecule has 0 aliphatic heterocycles. The highest BCUT2D eigenvalue weighted by molar-refractivity contribution is 5.86. The third-order valence-electron chi connectivity index (χ3n) is 5.09. The number of ether oxygens (including phenoxy) is 1. The maximum absolute atomic E-state index is 6.05. The van der Waals surface area contributed by atoms with E-state index in [1.807, 2.05) is 76.5 Å². The summed E-state index contributed by atoms with van der Waals surface area (Å²) in [5.74, 6) is 2.05. The van der Waals surface area contributed by atoms with Crippen LogP contribution in [-0.4, -0.2) is 41.6 Å². The molecule has 0 radical (unpaired) electrons. The summed E-state index contributed by atoms with van der Waals surface area (Å²) in [5.41, 5.74) is 8.54. The summed E-state index contributed by atoms with van der Waals surface area (Å²) in [7, 11) is 4.09. The standard InChI is InChI=1S/C24H28N4O2/c1-15(2)29-17-9-10-19-18(14-17)23(20(11-12-25)28(3)4)27-24(26-19)22-13-16-7-5-6-8-21(16)30-22/h5-10,13-15,20H,11-12,25H2,1-4H3. The highest BCUT2D eigenvalue weighted by Crippen LogP contribution is 2.33. The van der Waals surface area contributed by atoms with Crippen LogP contribution in [0.25, 0.3) is 33.5 Å². The smallest absolute Gasteiger partial charge is 0.196 e. The number of furan rings is 1. The SMILES string of the molecule is CC(C)Oc1ccc2nc(-c3cc4ccccc4o3)nc(C(CCN)N(C)C)c2c1. The van der Waals surface area contributed by atoms with Crippen molar-refractivity contribution in [3.63, 3.8) is 0 Å². The molecule has 1 atom stereocenters. The Labute approximate surface area is 176 Å². The van der Waals surface area contributed by atoms with E-state index in [1.54, 1.807) is 0 Å². The minimum Gasteiger partial charge on any atom is -0.491 e. The van der Waals surface area contributed by atoms with Gasteiger partial charge in [-0.15, -0.1) is 0 Å². The summed E-state index contributed by atoms with van der Waals surface area (Å²) in [6, 6.07) is 15.9. The summed E-state index contributed by atoms with van der Waals surface area (Å²) in [6.07, 6.45) is 0.879. The topological polar surface area (TPSA) is 77.4 Å². The van der Waals surface area contributed by atoms with E-state index in [9.17, 15) is 0 Å². The third kappa shape index (κ3) is 4.01. The molecular formula is C24H28N4O2. The molecule has 6 heteroatoms. The van der Waals surface area contributed by atoms with Crippen molar-refractivity contribution in [2.75, 3.05) is 20.6 Å². The van der Waals surface area contributed by atoms with E-state index in [4.69, 9.17) is 24.9 Å². The maximum atomic E-state index is 6.05. The lowest BCUT2D eigenvalue weighted by molar-refractivity contribution is 0.242. The van der Waals surface area contributed by atoms with E-state index in [0.29, 0.717) is 18.1 Å². The van der Waals surface area contributed by atoms with Crippen molar-refractivity contribution in [3.8, 4) is 17.3 Å². The van der Waals surface area contributed by atoms with Crippen LogP contribution in [-0.2, 0) is 0 Å². The fraction of sp³-hybridized carbons (Fsp3) is 0.333. The molecule has 0 saturated heterocycles. The van der Waals surface area contributed by atoms with Crippen LogP contribution in [0.3, 0.4) is 0 Å². The number of hydrogen-bond donors (Lipinski definition) is 1. The number of aromatic nitrogens is 2. The fourth-order valence-corrected chi connectivity index (χ4v) is 3.73. The molecular weight excluding hydrogens is 376 g/mol. The molecule has 0 bridgehead atoms. The van der Waals surface area contributed by atoms with Crippen molar-refractivity contribution < 1.29 is 9.15 Å². The van der Waals surface area contributed by atoms with Gasteiger partial charge in [-0.25, -0.2) is 9.97 Å². The van der Waals surface area contributed by atoms with Gasteiger partial charge in [0.05, 0.1) is 23.4 Å². The van der Waals surface area contributed by atoms with Crippen LogP contribution < -0.4 is 10.5 Å². The van der Waals surface area contributed by atoms with Gasteiger partial charge < -0.3 is 19.8 Å². The molecule has 2 N–H and O–H groups in total. The Morgan fingerprint density at radius 3 is 2.57 bits per heavy atom. The second-order valence-corrected chi connectivity index (χ2v) is 7.98. The van der Waals surface area contributed by atoms with E-state index in [1.165, 1.54) is 0 Å². The molecule has 4 rings (SSSR count). The molecule has 6 nitrogen and oxygen atoms in total. The quantitative estimate of drug-likeness (QED) is 0.478. The molecule has 0 saturated carbocycles. The summed E-state index contributed by atoms with van der Waals surface area (Å²) in [5, 5.41) is 2.00. The molecule has 2 aromatic heterocycles. The number of para-hydroxylation sites is 1. The minimum absolute atomic E-state index is 0.0536. The number of nitrogens with zero attached hydrogens (tertiary/aromatic N) is 3. The molecule has 2 aromatic carbocycles. The average molecular weight is 405 g/mol. The number of benzene rings is 2. The van der Waals surface area contributed by atoms with Gasteiger partial charge in [0.15, 0.2) is 11.6 Å². The number of nitrogens with two attached hydrogens (primary N) is 1. The summed E-state index contributed by atoms with van der Waals surface area (Å²) in [4.78, 5) is 11.9. The number of rotatable bonds is 7. The van der Waals surface area contributed by atoms with Crippen molar-refractivity contribution in [2.45, 2.75) is 32.4 Å². The lowest BCUT2D eigenvalue weighted by Crippen LogP contribution is -2.24. The fourth-order valence-electron chi connectivity index (χ4n) is 3.73. The first-order chi connectivity index (χ1) is 14.5. The summed E-state index contributed by atoms with van der Waals surface area (Å²) < 4.78 is 12.0. The van der Waals surface area contributed by atoms with E-state index in [0.717, 1.165) is 39.7 Å². The highest BCUT2D eigenvalue weighted by atomic mass is 16.5. The van der Waals surface area contributed by atoms with Crippen molar-refractivity contribution in [2.24, 2.45) is 5.73 Å². The van der Waals surface area contributed by atoms with Crippen molar-refractivity contribution in [3.05, 3.63) is 54.2 Å². The second-order valence-electron chi connectivity index (χ2n) is 7.98. The Morgan fingerprint density at radius 1 is 1.07 bits per heavy atom. The van der Waals surface area contributed by atoms with Gasteiger partial charge in [-0.3, -0.25) is 0 Å². The Hall–Kier alpha value is -2.96. The molecule has 4 aromatic rings. The monoisotopic (exact) mass is 404 g/mol. The van der Waals surface area contributed by atoms with Gasteiger partial charge in [-0.05, 0) is 71.2 Å². The first kappa shape index (κ1) is 20.3. The lowest BCUT2D eigenvalue weighted by atomic mass is 10.0. The van der Waals surface area contributed by atoms with Gasteiger partial charge in [0.1, 0.15) is 11.3 Å². The predicted molar refractivity (Wildman–Crippen MR) is 121 cm³/mol. The summed E-state index contributed by atoms with van der Waals surface area (Å²) in [6.45, 7) is 4.60. The zero-order valence-electron chi connectivity index (χ0n) is 17.9. The Kier molecular flexibility index (Phi) is 5.70. The summed E-state index contributed by atoms with van der Waals surface area (Å²) >= 11 is 0. The Morgan fingerprint density at radius 2 is 1.87 bits per heavy atom. The van der Waals surface area contributed by atoms with Gasteiger partial charge in [0.25, 0.3) is 0 Å². The minimum atomic E-state index is 0.0536. The molecule has 0 aliphatic rings.